The minimum Gasteiger partial charge on any atom is -0.479 e. The van der Waals surface area contributed by atoms with E-state index >= 15 is 0 Å². The van der Waals surface area contributed by atoms with E-state index in [0.717, 1.165) is 30.3 Å². The molecule has 0 saturated carbocycles. The third-order valence-electron chi connectivity index (χ3n) is 3.11. The highest BCUT2D eigenvalue weighted by Gasteiger charge is 2.09. The van der Waals surface area contributed by atoms with Crippen LogP contribution in [0.3, 0.4) is 0 Å². The molecule has 3 heteroatoms. The van der Waals surface area contributed by atoms with Crippen molar-refractivity contribution in [1.82, 2.24) is 0 Å². The second kappa shape index (κ2) is 6.70. The molecule has 0 aromatic heterocycles. The molecule has 1 aromatic rings. The molecule has 0 heterocycles. The summed E-state index contributed by atoms with van der Waals surface area (Å²) in [5, 5.41) is 11.9. The fraction of sp³-hybridized carbons (Fsp3) is 0.400. The summed E-state index contributed by atoms with van der Waals surface area (Å²) < 4.78 is 5.28. The number of hydrogen-bond acceptors (Lipinski definition) is 3. The van der Waals surface area contributed by atoms with E-state index in [0.29, 0.717) is 0 Å². The monoisotopic (exact) mass is 242 g/mol. The molecule has 0 amide bonds. The number of anilines is 1. The van der Waals surface area contributed by atoms with E-state index in [2.05, 4.69) is 17.5 Å². The number of hydrogen-bond donors (Lipinski definition) is 1. The van der Waals surface area contributed by atoms with Gasteiger partial charge in [-0.2, -0.15) is 5.26 Å². The Bertz CT molecular complexity index is 448. The summed E-state index contributed by atoms with van der Waals surface area (Å²) >= 11 is 0. The lowest BCUT2D eigenvalue weighted by Gasteiger charge is -2.19. The Morgan fingerprint density at radius 2 is 2.33 bits per heavy atom. The maximum atomic E-state index is 8.47. The van der Waals surface area contributed by atoms with Crippen molar-refractivity contribution in [1.29, 1.82) is 5.26 Å². The Balaban J connectivity index is 1.85. The molecule has 2 rings (SSSR count). The Morgan fingerprint density at radius 1 is 1.39 bits per heavy atom. The molecule has 0 aliphatic heterocycles. The zero-order valence-corrected chi connectivity index (χ0v) is 10.4. The predicted molar refractivity (Wildman–Crippen MR) is 72.5 cm³/mol. The van der Waals surface area contributed by atoms with E-state index in [1.165, 1.54) is 12.8 Å². The van der Waals surface area contributed by atoms with Gasteiger partial charge in [0.05, 0.1) is 0 Å². The fourth-order valence-corrected chi connectivity index (χ4v) is 2.12. The Kier molecular flexibility index (Phi) is 4.66. The van der Waals surface area contributed by atoms with E-state index < -0.39 is 0 Å². The van der Waals surface area contributed by atoms with Crippen molar-refractivity contribution >= 4 is 5.69 Å². The summed E-state index contributed by atoms with van der Waals surface area (Å²) in [6, 6.07) is 9.74. The Labute approximate surface area is 108 Å². The van der Waals surface area contributed by atoms with Gasteiger partial charge in [-0.1, -0.05) is 18.2 Å². The van der Waals surface area contributed by atoms with Gasteiger partial charge < -0.3 is 10.1 Å². The van der Waals surface area contributed by atoms with Crippen LogP contribution >= 0.6 is 0 Å². The van der Waals surface area contributed by atoms with Crippen molar-refractivity contribution < 1.29 is 4.74 Å². The van der Waals surface area contributed by atoms with Crippen LogP contribution in [0, 0.1) is 17.2 Å². The van der Waals surface area contributed by atoms with Gasteiger partial charge in [0.2, 0.25) is 0 Å². The van der Waals surface area contributed by atoms with Crippen molar-refractivity contribution in [2.45, 2.75) is 19.3 Å². The maximum absolute atomic E-state index is 8.47. The van der Waals surface area contributed by atoms with Gasteiger partial charge in [0.25, 0.3) is 0 Å². The molecule has 18 heavy (non-hydrogen) atoms. The molecular formula is C15H18N2O. The van der Waals surface area contributed by atoms with E-state index in [4.69, 9.17) is 10.00 Å². The van der Waals surface area contributed by atoms with E-state index in [1.807, 2.05) is 30.3 Å². The number of rotatable bonds is 5. The molecule has 1 aliphatic rings. The standard InChI is InChI=1S/C15H18N2O/c16-9-10-18-15-8-4-7-14(11-15)17-12-13-5-2-1-3-6-13/h1-2,4,7-8,11,13,17H,3,5-6,10,12H2. The fourth-order valence-electron chi connectivity index (χ4n) is 2.12. The van der Waals surface area contributed by atoms with Crippen molar-refractivity contribution in [3.8, 4) is 11.8 Å². The summed E-state index contributed by atoms with van der Waals surface area (Å²) in [6.45, 7) is 1.09. The van der Waals surface area contributed by atoms with Crippen LogP contribution in [0.25, 0.3) is 0 Å². The van der Waals surface area contributed by atoms with Crippen LogP contribution in [-0.2, 0) is 0 Å². The topological polar surface area (TPSA) is 45.0 Å². The summed E-state index contributed by atoms with van der Waals surface area (Å²) in [6.07, 6.45) is 8.14. The highest BCUT2D eigenvalue weighted by Crippen LogP contribution is 2.21. The summed E-state index contributed by atoms with van der Waals surface area (Å²) in [7, 11) is 0. The molecule has 0 fully saturated rings. The molecule has 1 unspecified atom stereocenters. The summed E-state index contributed by atoms with van der Waals surface area (Å²) in [4.78, 5) is 0. The van der Waals surface area contributed by atoms with Gasteiger partial charge in [-0.05, 0) is 37.3 Å². The normalized spacial score (nSPS) is 18.1. The van der Waals surface area contributed by atoms with Gasteiger partial charge in [-0.15, -0.1) is 0 Å². The zero-order valence-electron chi connectivity index (χ0n) is 10.4. The van der Waals surface area contributed by atoms with Crippen LogP contribution in [-0.4, -0.2) is 13.2 Å². The summed E-state index contributed by atoms with van der Waals surface area (Å²) in [5.74, 6) is 1.46. The first kappa shape index (κ1) is 12.5. The molecule has 1 atom stereocenters. The Morgan fingerprint density at radius 3 is 3.11 bits per heavy atom. The second-order valence-corrected chi connectivity index (χ2v) is 4.51. The smallest absolute Gasteiger partial charge is 0.174 e. The number of ether oxygens (including phenoxy) is 1. The first-order valence-corrected chi connectivity index (χ1v) is 6.37. The van der Waals surface area contributed by atoms with E-state index in [1.54, 1.807) is 0 Å². The van der Waals surface area contributed by atoms with E-state index in [-0.39, 0.29) is 6.61 Å². The van der Waals surface area contributed by atoms with Gasteiger partial charge in [0, 0.05) is 18.3 Å². The van der Waals surface area contributed by atoms with Gasteiger partial charge in [0.1, 0.15) is 11.8 Å². The predicted octanol–water partition coefficient (Wildman–Crippen LogP) is 3.36. The van der Waals surface area contributed by atoms with Crippen LogP contribution < -0.4 is 10.1 Å². The molecule has 1 aliphatic carbocycles. The summed E-state index contributed by atoms with van der Waals surface area (Å²) in [5.41, 5.74) is 1.06. The molecule has 1 aromatic carbocycles. The second-order valence-electron chi connectivity index (χ2n) is 4.51. The molecule has 0 radical (unpaired) electrons. The lowest BCUT2D eigenvalue weighted by molar-refractivity contribution is 0.368. The van der Waals surface area contributed by atoms with Gasteiger partial charge >= 0.3 is 0 Å². The molecule has 0 saturated heterocycles. The van der Waals surface area contributed by atoms with Crippen molar-refractivity contribution in [2.75, 3.05) is 18.5 Å². The zero-order chi connectivity index (χ0) is 12.6. The van der Waals surface area contributed by atoms with Gasteiger partial charge in [-0.3, -0.25) is 0 Å². The molecule has 3 nitrogen and oxygen atoms in total. The Hall–Kier alpha value is -1.95. The first-order valence-electron chi connectivity index (χ1n) is 6.37. The number of nitrogens with zero attached hydrogens (tertiary/aromatic N) is 1. The molecule has 0 bridgehead atoms. The quantitative estimate of drug-likeness (QED) is 0.805. The van der Waals surface area contributed by atoms with Crippen LogP contribution in [0.1, 0.15) is 19.3 Å². The largest absolute Gasteiger partial charge is 0.479 e. The van der Waals surface area contributed by atoms with Crippen LogP contribution in [0.2, 0.25) is 0 Å². The lowest BCUT2D eigenvalue weighted by Crippen LogP contribution is -2.15. The van der Waals surface area contributed by atoms with Crippen LogP contribution in [0.5, 0.6) is 5.75 Å². The minimum atomic E-state index is 0.0941. The average molecular weight is 242 g/mol. The van der Waals surface area contributed by atoms with Gasteiger partial charge in [0.15, 0.2) is 6.61 Å². The average Bonchev–Trinajstić information content (AvgIpc) is 2.44. The number of nitriles is 1. The van der Waals surface area contributed by atoms with Crippen molar-refractivity contribution in [3.63, 3.8) is 0 Å². The molecule has 94 valence electrons. The molecule has 0 spiro atoms. The highest BCUT2D eigenvalue weighted by atomic mass is 16.5. The third-order valence-corrected chi connectivity index (χ3v) is 3.11. The van der Waals surface area contributed by atoms with E-state index in [9.17, 15) is 0 Å². The first-order chi connectivity index (χ1) is 8.88. The maximum Gasteiger partial charge on any atom is 0.174 e. The van der Waals surface area contributed by atoms with Gasteiger partial charge in [-0.25, -0.2) is 0 Å². The van der Waals surface area contributed by atoms with Crippen LogP contribution in [0.4, 0.5) is 5.69 Å². The SMILES string of the molecule is N#CCOc1cccc(NCC2CC=CCC2)c1. The highest BCUT2D eigenvalue weighted by molar-refractivity contribution is 5.48. The lowest BCUT2D eigenvalue weighted by atomic mass is 9.94. The molecular weight excluding hydrogens is 224 g/mol. The molecule has 1 N–H and O–H groups in total. The number of benzene rings is 1. The van der Waals surface area contributed by atoms with Crippen molar-refractivity contribution in [2.24, 2.45) is 5.92 Å². The third kappa shape index (κ3) is 3.81. The van der Waals surface area contributed by atoms with Crippen LogP contribution in [0.15, 0.2) is 36.4 Å². The number of nitrogens with one attached hydrogen (secondary N) is 1. The minimum absolute atomic E-state index is 0.0941. The number of allylic oxidation sites excluding steroid dienone is 2. The van der Waals surface area contributed by atoms with Crippen molar-refractivity contribution in [3.05, 3.63) is 36.4 Å².